The fourth-order valence-electron chi connectivity index (χ4n) is 9.56. The fourth-order valence-corrected chi connectivity index (χ4v) is 9.56. The zero-order chi connectivity index (χ0) is 47.1. The van der Waals surface area contributed by atoms with E-state index in [4.69, 9.17) is 24.7 Å². The molecule has 3 aliphatic heterocycles. The van der Waals surface area contributed by atoms with E-state index in [9.17, 15) is 19.8 Å². The first-order valence-corrected chi connectivity index (χ1v) is 21.7. The largest absolute Gasteiger partial charge is 0.491 e. The van der Waals surface area contributed by atoms with Crippen LogP contribution in [0.15, 0.2) is 133 Å². The van der Waals surface area contributed by atoms with E-state index in [0.29, 0.717) is 33.6 Å². The summed E-state index contributed by atoms with van der Waals surface area (Å²) in [5, 5.41) is 26.5. The molecule has 16 nitrogen and oxygen atoms in total. The van der Waals surface area contributed by atoms with Gasteiger partial charge in [-0.25, -0.2) is 14.5 Å². The van der Waals surface area contributed by atoms with Gasteiger partial charge in [-0.2, -0.15) is 0 Å². The second-order valence-electron chi connectivity index (χ2n) is 16.1. The highest BCUT2D eigenvalue weighted by Gasteiger charge is 2.75. The molecule has 5 amide bonds. The van der Waals surface area contributed by atoms with Gasteiger partial charge in [0.2, 0.25) is 11.8 Å². The summed E-state index contributed by atoms with van der Waals surface area (Å²) in [5.41, 5.74) is 5.94. The van der Waals surface area contributed by atoms with Crippen LogP contribution in [0.1, 0.15) is 57.7 Å². The number of nitrogens with zero attached hydrogens (tertiary/aromatic N) is 2. The number of urea groups is 1. The fraction of sp³-hybridized carbons (Fsp3) is 0.275. The Kier molecular flexibility index (Phi) is 13.9. The minimum Gasteiger partial charge on any atom is -0.491 e. The molecule has 344 valence electrons. The van der Waals surface area contributed by atoms with Crippen LogP contribution in [-0.2, 0) is 34.0 Å². The van der Waals surface area contributed by atoms with E-state index in [1.807, 2.05) is 65.6 Å². The smallest absolute Gasteiger partial charge is 0.421 e. The quantitative estimate of drug-likeness (QED) is 0.0596. The Bertz CT molecular complexity index is 2680. The van der Waals surface area contributed by atoms with Gasteiger partial charge in [-0.3, -0.25) is 19.3 Å². The second kappa shape index (κ2) is 20.3. The Morgan fingerprint density at radius 1 is 0.821 bits per heavy atom. The number of amides is 5. The minimum atomic E-state index is -2.17. The molecule has 1 spiro atoms. The summed E-state index contributed by atoms with van der Waals surface area (Å²) < 4.78 is 23.2. The average molecular weight is 908 g/mol. The number of carbonyl (C=O) groups is 5. The topological polar surface area (TPSA) is 219 Å². The van der Waals surface area contributed by atoms with Crippen molar-refractivity contribution in [3.63, 3.8) is 0 Å². The molecule has 7 atom stereocenters. The molecule has 3 heterocycles. The molecule has 0 aliphatic carbocycles. The van der Waals surface area contributed by atoms with Gasteiger partial charge in [-0.1, -0.05) is 115 Å². The summed E-state index contributed by atoms with van der Waals surface area (Å²) in [4.78, 5) is 75.9. The number of carbonyl (C=O) groups excluding carboxylic acids is 5. The third-order valence-corrected chi connectivity index (χ3v) is 12.2. The van der Waals surface area contributed by atoms with Crippen LogP contribution in [-0.4, -0.2) is 97.7 Å². The number of hydrogen-bond donors (Lipinski definition) is 5. The predicted octanol–water partition coefficient (Wildman–Crippen LogP) is 4.38. The maximum atomic E-state index is 16.3. The monoisotopic (exact) mass is 907 g/mol. The summed E-state index contributed by atoms with van der Waals surface area (Å²) in [6.45, 7) is -1.00. The number of rotatable bonds is 14. The first kappa shape index (κ1) is 46.0. The number of aliphatic hydroxyl groups excluding tert-OH is 2. The van der Waals surface area contributed by atoms with Gasteiger partial charge in [-0.05, 0) is 58.1 Å². The summed E-state index contributed by atoms with van der Waals surface area (Å²) >= 11 is 0. The van der Waals surface area contributed by atoms with E-state index < -0.39 is 71.6 Å². The second-order valence-corrected chi connectivity index (χ2v) is 16.1. The van der Waals surface area contributed by atoms with E-state index in [0.717, 1.165) is 4.90 Å². The van der Waals surface area contributed by atoms with Gasteiger partial charge < -0.3 is 45.5 Å². The molecule has 6 N–H and O–H groups in total. The van der Waals surface area contributed by atoms with Crippen LogP contribution in [0.4, 0.5) is 15.3 Å². The normalized spacial score (nSPS) is 22.1. The number of imide groups is 1. The van der Waals surface area contributed by atoms with E-state index in [1.165, 1.54) is 13.2 Å². The van der Waals surface area contributed by atoms with E-state index in [2.05, 4.69) is 22.5 Å². The van der Waals surface area contributed by atoms with Crippen molar-refractivity contribution in [1.29, 1.82) is 0 Å². The lowest BCUT2D eigenvalue weighted by molar-refractivity contribution is -0.178. The lowest BCUT2D eigenvalue weighted by Gasteiger charge is -2.46. The van der Waals surface area contributed by atoms with Crippen LogP contribution in [0.5, 0.6) is 5.75 Å². The first-order valence-electron chi connectivity index (χ1n) is 21.7. The zero-order valence-electron chi connectivity index (χ0n) is 36.4. The Morgan fingerprint density at radius 2 is 1.51 bits per heavy atom. The highest BCUT2D eigenvalue weighted by molar-refractivity contribution is 6.23. The number of primary amides is 1. The van der Waals surface area contributed by atoms with Crippen molar-refractivity contribution in [3.05, 3.63) is 167 Å². The van der Waals surface area contributed by atoms with Gasteiger partial charge in [0.05, 0.1) is 49.6 Å². The summed E-state index contributed by atoms with van der Waals surface area (Å²) in [6, 6.07) is 34.2. The van der Waals surface area contributed by atoms with Crippen LogP contribution in [0, 0.1) is 17.8 Å². The highest BCUT2D eigenvalue weighted by Crippen LogP contribution is 2.66. The van der Waals surface area contributed by atoms with Crippen LogP contribution < -0.4 is 26.0 Å². The number of fused-ring (bicyclic) bond motifs is 3. The Hall–Kier alpha value is -7.55. The number of morpholine rings is 1. The molecule has 16 heteroatoms. The molecule has 67 heavy (non-hydrogen) atoms. The lowest BCUT2D eigenvalue weighted by atomic mass is 9.65. The molecule has 2 fully saturated rings. The number of esters is 1. The zero-order valence-corrected chi connectivity index (χ0v) is 36.4. The molecule has 8 rings (SSSR count). The maximum absolute atomic E-state index is 16.3. The van der Waals surface area contributed by atoms with Gasteiger partial charge in [0.1, 0.15) is 36.5 Å². The molecule has 0 saturated carbocycles. The number of cyclic esters (lactones) is 1. The van der Waals surface area contributed by atoms with Gasteiger partial charge in [-0.15, -0.1) is 0 Å². The van der Waals surface area contributed by atoms with E-state index in [1.54, 1.807) is 66.7 Å². The van der Waals surface area contributed by atoms with Gasteiger partial charge >= 0.3 is 18.1 Å². The number of benzene rings is 5. The van der Waals surface area contributed by atoms with E-state index >= 15 is 14.4 Å². The van der Waals surface area contributed by atoms with Crippen molar-refractivity contribution >= 4 is 35.6 Å². The minimum absolute atomic E-state index is 0.0129. The van der Waals surface area contributed by atoms with Crippen LogP contribution >= 0.6 is 0 Å². The number of anilines is 1. The predicted molar refractivity (Wildman–Crippen MR) is 243 cm³/mol. The van der Waals surface area contributed by atoms with E-state index in [-0.39, 0.29) is 50.8 Å². The number of nitrogens with two attached hydrogens (primary N) is 1. The molecule has 0 bridgehead atoms. The van der Waals surface area contributed by atoms with Crippen LogP contribution in [0.3, 0.4) is 0 Å². The van der Waals surface area contributed by atoms with Crippen molar-refractivity contribution in [3.8, 4) is 17.6 Å². The van der Waals surface area contributed by atoms with Gasteiger partial charge in [0.25, 0.3) is 0 Å². The van der Waals surface area contributed by atoms with Gasteiger partial charge in [0.15, 0.2) is 0 Å². The number of methoxy groups -OCH3 is 1. The molecule has 5 aromatic rings. The molecule has 5 aromatic carbocycles. The first-order chi connectivity index (χ1) is 32.6. The molecule has 2 saturated heterocycles. The number of nitrogens with one attached hydrogen (secondary N) is 2. The Labute approximate surface area is 386 Å². The molecule has 0 unspecified atom stereocenters. The Morgan fingerprint density at radius 3 is 2.19 bits per heavy atom. The lowest BCUT2D eigenvalue weighted by Crippen LogP contribution is -2.56. The summed E-state index contributed by atoms with van der Waals surface area (Å²) in [5.74, 6) is 2.00. The molecule has 0 radical (unpaired) electrons. The molecule has 0 aromatic heterocycles. The standard InChI is InChI=1S/C51H49N5O11/c1-64-27-28-66-50(63)55-39-23-22-32(13-12-24-53-49(52)62)29-38(39)51(48(55)61)41(46(59)54-31-40(58)33-14-5-2-6-15-33)43-47(60)67-44(35-18-9-4-10-19-35)42(34-16-7-3-8-17-34)56(43)45(51)36-20-11-21-37(30-36)65-26-25-57/h2-11,14-23,29-30,40-45,57-58H,24-28,31H2,1H3,(H,54,59)(H3,52,53,62)/t40-,41+,42+,43+,44-,45-,51+/m0/s1. The summed E-state index contributed by atoms with van der Waals surface area (Å²) in [6.07, 6.45) is -3.23. The van der Waals surface area contributed by atoms with Crippen LogP contribution in [0.25, 0.3) is 0 Å². The van der Waals surface area contributed by atoms with Crippen molar-refractivity contribution in [2.45, 2.75) is 35.7 Å². The SMILES string of the molecule is COCCOC(=O)N1C(=O)[C@@]2(c3cc(C#CCNC(N)=O)ccc31)[C@H](c1cccc(OCCO)c1)N1[C@H](c3ccccc3)[C@H](c3ccccc3)OC(=O)[C@H]1[C@@H]2C(=O)NC[C@H](O)c1ccccc1. The van der Waals surface area contributed by atoms with Crippen LogP contribution in [0.2, 0.25) is 0 Å². The van der Waals surface area contributed by atoms with Crippen molar-refractivity contribution < 1.29 is 53.1 Å². The number of hydrogen-bond acceptors (Lipinski definition) is 12. The third-order valence-electron chi connectivity index (χ3n) is 12.2. The van der Waals surface area contributed by atoms with Crippen molar-refractivity contribution in [2.24, 2.45) is 11.7 Å². The number of ether oxygens (including phenoxy) is 4. The summed E-state index contributed by atoms with van der Waals surface area (Å²) in [7, 11) is 1.43. The molecule has 3 aliphatic rings. The van der Waals surface area contributed by atoms with Gasteiger partial charge in [0, 0.05) is 19.2 Å². The molecular formula is C51H49N5O11. The number of aliphatic hydroxyl groups is 2. The average Bonchev–Trinajstić information content (AvgIpc) is 3.81. The highest BCUT2D eigenvalue weighted by atomic mass is 16.6. The maximum Gasteiger partial charge on any atom is 0.421 e. The molecular weight excluding hydrogens is 859 g/mol. The Balaban J connectivity index is 1.43. The third kappa shape index (κ3) is 8.93. The van der Waals surface area contributed by atoms with Crippen molar-refractivity contribution in [1.82, 2.24) is 15.5 Å². The van der Waals surface area contributed by atoms with Crippen molar-refractivity contribution in [2.75, 3.05) is 51.5 Å².